The fraction of sp³-hybridized carbons (Fsp3) is 0.592. The standard InChI is InChI=1S/2C35H46N2O3.C28H29NO2/c2*1-3-17-38-19-20-39-18-16-37-30-7-6-28-22-29-10-12-33(2)31(26-5-4-25-11-15-36-24-27(25)21-26)8-9-32(33)35(29)14-13-34(28,23-30)40-35;1-26-10-8-22-15-21-4-5-23(30)16-27(21)11-12-28(22,31-27)25(26)7-6-24(26)19-3-2-18-9-13-29-17-20(18)14-19/h2*4-5,10-11,15,21-22,24,30-32,37H,3,6-9,12-14,16-20,23H2,1-2H3;2-3,8-9,13-15,17,24-25H,4-7,10-12,16H2,1H3/t30-,31+,32+,33+,34+,35?;30-,31-,32-,33-,34-,35?;24-,25-,26-,27-,28?/m011/s1. The number of Topliss-reactive ketones (excluding diaryl/α,β-unsaturated/α-hetero) is 1. The van der Waals surface area contributed by atoms with Gasteiger partial charge in [-0.15, -0.1) is 0 Å². The maximum Gasteiger partial charge on any atom is 0.136 e. The van der Waals surface area contributed by atoms with Crippen LogP contribution in [0, 0.1) is 34.0 Å². The van der Waals surface area contributed by atoms with Gasteiger partial charge in [-0.05, 0) is 309 Å². The summed E-state index contributed by atoms with van der Waals surface area (Å²) in [4.78, 5) is 25.5. The van der Waals surface area contributed by atoms with E-state index in [2.05, 4.69) is 169 Å². The van der Waals surface area contributed by atoms with Gasteiger partial charge in [0, 0.05) is 105 Å². The van der Waals surface area contributed by atoms with Gasteiger partial charge in [0.15, 0.2) is 0 Å². The third kappa shape index (κ3) is 12.8. The fourth-order valence-corrected chi connectivity index (χ4v) is 26.6. The Morgan fingerprint density at radius 1 is 0.405 bits per heavy atom. The van der Waals surface area contributed by atoms with E-state index in [1.54, 1.807) is 11.1 Å². The normalized spacial score (nSPS) is 37.4. The predicted octanol–water partition coefficient (Wildman–Crippen LogP) is 19.8. The minimum absolute atomic E-state index is 0.0763. The molecule has 2 N–H and O–H groups in total. The van der Waals surface area contributed by atoms with Gasteiger partial charge in [-0.2, -0.15) is 0 Å². The highest BCUT2D eigenvalue weighted by Crippen LogP contribution is 2.73. The smallest absolute Gasteiger partial charge is 0.136 e. The summed E-state index contributed by atoms with van der Waals surface area (Å²) < 4.78 is 44.7. The Labute approximate surface area is 659 Å². The average molecular weight is 1500 g/mol. The zero-order valence-electron chi connectivity index (χ0n) is 67.0. The number of nitrogens with one attached hydrogen (secondary N) is 2. The van der Waals surface area contributed by atoms with E-state index in [4.69, 9.17) is 33.2 Å². The van der Waals surface area contributed by atoms with Crippen LogP contribution >= 0.6 is 0 Å². The van der Waals surface area contributed by atoms with Crippen molar-refractivity contribution in [3.63, 3.8) is 0 Å². The number of hydrogen-bond donors (Lipinski definition) is 2. The molecule has 13 nitrogen and oxygen atoms in total. The molecule has 586 valence electrons. The molecule has 6 aliphatic heterocycles. The van der Waals surface area contributed by atoms with Crippen LogP contribution in [-0.2, 0) is 38.0 Å². The summed E-state index contributed by atoms with van der Waals surface area (Å²) in [6.07, 6.45) is 55.7. The molecule has 3 saturated heterocycles. The van der Waals surface area contributed by atoms with Crippen LogP contribution in [0.4, 0.5) is 0 Å². The number of nitrogens with zero attached hydrogens (tertiary/aromatic N) is 3. The van der Waals surface area contributed by atoms with Gasteiger partial charge in [0.1, 0.15) is 5.78 Å². The zero-order chi connectivity index (χ0) is 75.3. The number of allylic oxidation sites excluding steroid dienone is 3. The third-order valence-corrected chi connectivity index (χ3v) is 31.9. The van der Waals surface area contributed by atoms with Gasteiger partial charge in [-0.25, -0.2) is 0 Å². The second-order valence-corrected chi connectivity index (χ2v) is 37.5. The molecule has 0 radical (unpaired) electrons. The molecule has 9 heterocycles. The van der Waals surface area contributed by atoms with Crippen molar-refractivity contribution >= 4 is 38.1 Å². The third-order valence-electron chi connectivity index (χ3n) is 31.9. The van der Waals surface area contributed by atoms with Gasteiger partial charge in [0.25, 0.3) is 0 Å². The first-order valence-electron chi connectivity index (χ1n) is 43.8. The van der Waals surface area contributed by atoms with E-state index < -0.39 is 0 Å². The largest absolute Gasteiger partial charge is 0.379 e. The van der Waals surface area contributed by atoms with Crippen LogP contribution in [0.1, 0.15) is 236 Å². The molecule has 13 heteroatoms. The topological polar surface area (TPSA) is 144 Å². The SMILES string of the molecule is CCCOCCOCCN[C@@H]1CCC2=CC3=CC[C@]4(C)[C@@H](c5ccc6ccncc6c5)CC[C@H]4C34CC[C@]2(C1)O4.CCCOCCOCCN[C@H]1CCC2=CC3=CC[C@]4(C)[C@@H](c5ccc6ccncc6c5)CC[C@H]4C34CC[C@]2(C1)O4.C[C@]12CC=C3C=C4CCC(=O)C[C@]45CCC3(O5)[C@@H]1CC[C@@H]2c1ccc2ccncc2c1. The molecule has 9 fully saturated rings. The lowest BCUT2D eigenvalue weighted by Gasteiger charge is -2.54. The van der Waals surface area contributed by atoms with Crippen molar-refractivity contribution in [1.29, 1.82) is 0 Å². The highest BCUT2D eigenvalue weighted by molar-refractivity contribution is 5.85. The molecule has 6 bridgehead atoms. The summed E-state index contributed by atoms with van der Waals surface area (Å²) in [6, 6.07) is 28.5. The number of aromatic nitrogens is 3. The summed E-state index contributed by atoms with van der Waals surface area (Å²) in [5, 5.41) is 15.2. The Morgan fingerprint density at radius 2 is 0.775 bits per heavy atom. The molecule has 3 aromatic carbocycles. The number of hydrogen-bond acceptors (Lipinski definition) is 13. The van der Waals surface area contributed by atoms with E-state index in [1.165, 1.54) is 148 Å². The molecule has 3 aromatic heterocycles. The Morgan fingerprint density at radius 3 is 1.17 bits per heavy atom. The maximum absolute atomic E-state index is 12.4. The van der Waals surface area contributed by atoms with Crippen LogP contribution in [0.5, 0.6) is 0 Å². The van der Waals surface area contributed by atoms with Gasteiger partial charge < -0.3 is 43.8 Å². The summed E-state index contributed by atoms with van der Waals surface area (Å²) in [5.41, 5.74) is 13.2. The molecule has 15 aliphatic rings. The Kier molecular flexibility index (Phi) is 20.0. The lowest BCUT2D eigenvalue weighted by atomic mass is 9.58. The molecule has 0 amide bonds. The van der Waals surface area contributed by atoms with Crippen LogP contribution in [0.2, 0.25) is 0 Å². The lowest BCUT2D eigenvalue weighted by molar-refractivity contribution is -0.146. The highest BCUT2D eigenvalue weighted by atomic mass is 16.5. The van der Waals surface area contributed by atoms with E-state index in [9.17, 15) is 4.79 Å². The Bertz CT molecular complexity index is 4530. The predicted molar refractivity (Wildman–Crippen MR) is 440 cm³/mol. The first kappa shape index (κ1) is 74.7. The number of ketones is 1. The fourth-order valence-electron chi connectivity index (χ4n) is 26.6. The van der Waals surface area contributed by atoms with Crippen molar-refractivity contribution in [1.82, 2.24) is 25.6 Å². The lowest BCUT2D eigenvalue weighted by Crippen LogP contribution is -2.55. The first-order valence-corrected chi connectivity index (χ1v) is 43.8. The van der Waals surface area contributed by atoms with Gasteiger partial charge in [0.2, 0.25) is 0 Å². The summed E-state index contributed by atoms with van der Waals surface area (Å²) >= 11 is 0. The van der Waals surface area contributed by atoms with Crippen molar-refractivity contribution < 1.29 is 38.0 Å². The molecule has 9 aliphatic carbocycles. The van der Waals surface area contributed by atoms with E-state index in [-0.39, 0.29) is 49.9 Å². The van der Waals surface area contributed by atoms with Crippen LogP contribution in [0.15, 0.2) is 180 Å². The number of carbonyl (C=O) groups excluding carboxylic acids is 1. The molecule has 111 heavy (non-hydrogen) atoms. The van der Waals surface area contributed by atoms with Crippen LogP contribution < -0.4 is 10.6 Å². The molecule has 3 unspecified atom stereocenters. The minimum Gasteiger partial charge on any atom is -0.379 e. The highest BCUT2D eigenvalue weighted by Gasteiger charge is 2.70. The minimum atomic E-state index is -0.294. The molecule has 6 spiro atoms. The van der Waals surface area contributed by atoms with Crippen molar-refractivity contribution in [3.05, 3.63) is 197 Å². The summed E-state index contributed by atoms with van der Waals surface area (Å²) in [5.74, 6) is 3.71. The van der Waals surface area contributed by atoms with E-state index in [0.29, 0.717) is 92.6 Å². The Balaban J connectivity index is 0.000000113. The number of pyridine rings is 3. The first-order chi connectivity index (χ1) is 54.1. The van der Waals surface area contributed by atoms with Crippen LogP contribution in [0.3, 0.4) is 0 Å². The second kappa shape index (κ2) is 29.7. The monoisotopic (exact) mass is 1500 g/mol. The van der Waals surface area contributed by atoms with Gasteiger partial charge in [-0.3, -0.25) is 19.7 Å². The quantitative estimate of drug-likeness (QED) is 0.0660. The van der Waals surface area contributed by atoms with E-state index in [0.717, 1.165) is 117 Å². The van der Waals surface area contributed by atoms with Gasteiger partial charge in [0.05, 0.1) is 73.2 Å². The number of fused-ring (bicyclic) bond motifs is 6. The number of ether oxygens (including phenoxy) is 7. The zero-order valence-corrected chi connectivity index (χ0v) is 67.0. The average Bonchev–Trinajstić information content (AvgIpc) is 1.54. The van der Waals surface area contributed by atoms with Crippen LogP contribution in [-0.4, -0.2) is 132 Å². The van der Waals surface area contributed by atoms with Crippen molar-refractivity contribution in [2.24, 2.45) is 34.0 Å². The molecular weight excluding hydrogens is 1380 g/mol. The number of rotatable bonds is 21. The number of carbonyl (C=O) groups is 1. The van der Waals surface area contributed by atoms with E-state index >= 15 is 0 Å². The summed E-state index contributed by atoms with van der Waals surface area (Å²) in [7, 11) is 0. The van der Waals surface area contributed by atoms with Gasteiger partial charge >= 0.3 is 0 Å². The van der Waals surface area contributed by atoms with Crippen molar-refractivity contribution in [3.8, 4) is 0 Å². The molecule has 6 saturated carbocycles. The Hall–Kier alpha value is -6.36. The molecule has 6 aromatic rings. The summed E-state index contributed by atoms with van der Waals surface area (Å²) in [6.45, 7) is 19.6. The van der Waals surface area contributed by atoms with Crippen molar-refractivity contribution in [2.45, 2.75) is 265 Å². The van der Waals surface area contributed by atoms with Gasteiger partial charge in [-0.1, -0.05) is 107 Å². The van der Waals surface area contributed by atoms with E-state index in [1.807, 2.05) is 37.2 Å². The van der Waals surface area contributed by atoms with Crippen LogP contribution in [0.25, 0.3) is 32.3 Å². The van der Waals surface area contributed by atoms with Crippen molar-refractivity contribution in [2.75, 3.05) is 65.9 Å². The second-order valence-electron chi connectivity index (χ2n) is 37.5. The maximum atomic E-state index is 12.4. The molecule has 17 atom stereocenters. The number of benzene rings is 3. The molecule has 21 rings (SSSR count). The molecular formula is C98H121N5O8.